The normalized spacial score (nSPS) is 20.6. The van der Waals surface area contributed by atoms with E-state index in [-0.39, 0.29) is 24.5 Å². The molecule has 1 aromatic carbocycles. The second kappa shape index (κ2) is 7.77. The van der Waals surface area contributed by atoms with E-state index in [9.17, 15) is 9.90 Å². The maximum Gasteiger partial charge on any atom is 0.230 e. The molecule has 1 aromatic heterocycles. The van der Waals surface area contributed by atoms with Gasteiger partial charge in [-0.15, -0.1) is 11.3 Å². The van der Waals surface area contributed by atoms with Crippen LogP contribution in [0.1, 0.15) is 36.4 Å². The molecule has 1 aliphatic rings. The van der Waals surface area contributed by atoms with Crippen LogP contribution in [0.2, 0.25) is 0 Å². The van der Waals surface area contributed by atoms with Gasteiger partial charge in [0, 0.05) is 11.1 Å². The second-order valence-corrected chi connectivity index (χ2v) is 7.18. The SMILES string of the molecule is Cc1nc(CC(=O)Nc2ccc(O[C@@H]3CCCC[C@@H]3O)cc2)cs1. The summed E-state index contributed by atoms with van der Waals surface area (Å²) in [6.07, 6.45) is 3.58. The van der Waals surface area contributed by atoms with Crippen LogP contribution in [-0.4, -0.2) is 28.2 Å². The van der Waals surface area contributed by atoms with Gasteiger partial charge in [0.05, 0.1) is 23.2 Å². The lowest BCUT2D eigenvalue weighted by Crippen LogP contribution is -2.34. The van der Waals surface area contributed by atoms with E-state index in [0.29, 0.717) is 5.75 Å². The smallest absolute Gasteiger partial charge is 0.230 e. The summed E-state index contributed by atoms with van der Waals surface area (Å²) in [7, 11) is 0. The molecule has 0 saturated heterocycles. The Kier molecular flexibility index (Phi) is 5.48. The van der Waals surface area contributed by atoms with Crippen molar-refractivity contribution in [3.05, 3.63) is 40.3 Å². The standard InChI is InChI=1S/C18H22N2O3S/c1-12-19-14(11-24-12)10-18(22)20-13-6-8-15(9-7-13)23-17-5-3-2-4-16(17)21/h6-9,11,16-17,21H,2-5,10H2,1H3,(H,20,22)/t16-,17+/m0/s1. The number of carbonyl (C=O) groups is 1. The zero-order valence-corrected chi connectivity index (χ0v) is 14.5. The number of aryl methyl sites for hydroxylation is 1. The van der Waals surface area contributed by atoms with Crippen LogP contribution in [-0.2, 0) is 11.2 Å². The average Bonchev–Trinajstić information content (AvgIpc) is 2.96. The van der Waals surface area contributed by atoms with Gasteiger partial charge in [0.2, 0.25) is 5.91 Å². The van der Waals surface area contributed by atoms with E-state index in [1.165, 1.54) is 0 Å². The Morgan fingerprint density at radius 2 is 2.08 bits per heavy atom. The monoisotopic (exact) mass is 346 g/mol. The molecule has 1 aliphatic carbocycles. The van der Waals surface area contributed by atoms with E-state index in [0.717, 1.165) is 42.1 Å². The van der Waals surface area contributed by atoms with E-state index in [1.54, 1.807) is 11.3 Å². The number of thiazole rings is 1. The molecule has 6 heteroatoms. The first kappa shape index (κ1) is 16.9. The zero-order chi connectivity index (χ0) is 16.9. The van der Waals surface area contributed by atoms with Crippen LogP contribution in [0.15, 0.2) is 29.6 Å². The van der Waals surface area contributed by atoms with Gasteiger partial charge in [0.1, 0.15) is 11.9 Å². The highest BCUT2D eigenvalue weighted by molar-refractivity contribution is 7.09. The van der Waals surface area contributed by atoms with Gasteiger partial charge in [0.15, 0.2) is 0 Å². The molecule has 24 heavy (non-hydrogen) atoms. The van der Waals surface area contributed by atoms with E-state index < -0.39 is 0 Å². The topological polar surface area (TPSA) is 71.5 Å². The van der Waals surface area contributed by atoms with Gasteiger partial charge in [-0.3, -0.25) is 4.79 Å². The van der Waals surface area contributed by atoms with Gasteiger partial charge < -0.3 is 15.2 Å². The molecule has 1 saturated carbocycles. The number of hydrogen-bond acceptors (Lipinski definition) is 5. The number of carbonyl (C=O) groups excluding carboxylic acids is 1. The fourth-order valence-electron chi connectivity index (χ4n) is 2.87. The van der Waals surface area contributed by atoms with Crippen molar-refractivity contribution in [1.29, 1.82) is 0 Å². The number of ether oxygens (including phenoxy) is 1. The van der Waals surface area contributed by atoms with E-state index in [1.807, 2.05) is 36.6 Å². The van der Waals surface area contributed by atoms with Gasteiger partial charge in [0.25, 0.3) is 0 Å². The molecule has 1 amide bonds. The average molecular weight is 346 g/mol. The number of anilines is 1. The summed E-state index contributed by atoms with van der Waals surface area (Å²) in [5.74, 6) is 0.630. The van der Waals surface area contributed by atoms with Gasteiger partial charge in [-0.05, 0) is 50.5 Å². The number of nitrogens with one attached hydrogen (secondary N) is 1. The van der Waals surface area contributed by atoms with Crippen LogP contribution in [0.4, 0.5) is 5.69 Å². The molecule has 0 spiro atoms. The minimum Gasteiger partial charge on any atom is -0.488 e. The second-order valence-electron chi connectivity index (χ2n) is 6.12. The largest absolute Gasteiger partial charge is 0.488 e. The third-order valence-corrected chi connectivity index (χ3v) is 4.92. The van der Waals surface area contributed by atoms with Gasteiger partial charge in [-0.25, -0.2) is 4.98 Å². The molecule has 2 atom stereocenters. The van der Waals surface area contributed by atoms with Gasteiger partial charge in [-0.1, -0.05) is 6.42 Å². The summed E-state index contributed by atoms with van der Waals surface area (Å²) in [5.41, 5.74) is 1.52. The van der Waals surface area contributed by atoms with Crippen LogP contribution >= 0.6 is 11.3 Å². The van der Waals surface area contributed by atoms with Crippen LogP contribution in [0.5, 0.6) is 5.75 Å². The van der Waals surface area contributed by atoms with Crippen LogP contribution in [0.3, 0.4) is 0 Å². The van der Waals surface area contributed by atoms with Crippen molar-refractivity contribution >= 4 is 22.9 Å². The molecule has 128 valence electrons. The summed E-state index contributed by atoms with van der Waals surface area (Å²) in [5, 5.41) is 15.7. The molecule has 1 fully saturated rings. The van der Waals surface area contributed by atoms with Crippen LogP contribution in [0.25, 0.3) is 0 Å². The van der Waals surface area contributed by atoms with E-state index in [4.69, 9.17) is 4.74 Å². The van der Waals surface area contributed by atoms with Crippen molar-refractivity contribution in [2.45, 2.75) is 51.2 Å². The van der Waals surface area contributed by atoms with Crippen molar-refractivity contribution in [2.75, 3.05) is 5.32 Å². The molecule has 0 aliphatic heterocycles. The van der Waals surface area contributed by atoms with Crippen LogP contribution < -0.4 is 10.1 Å². The Balaban J connectivity index is 1.53. The highest BCUT2D eigenvalue weighted by atomic mass is 32.1. The zero-order valence-electron chi connectivity index (χ0n) is 13.7. The van der Waals surface area contributed by atoms with E-state index in [2.05, 4.69) is 10.3 Å². The molecule has 0 bridgehead atoms. The fourth-order valence-corrected chi connectivity index (χ4v) is 3.48. The predicted octanol–water partition coefficient (Wildman–Crippen LogP) is 3.32. The number of hydrogen-bond donors (Lipinski definition) is 2. The minimum absolute atomic E-state index is 0.0864. The van der Waals surface area contributed by atoms with Gasteiger partial charge in [-0.2, -0.15) is 0 Å². The number of aliphatic hydroxyl groups is 1. The third kappa shape index (κ3) is 4.55. The molecular formula is C18H22N2O3S. The first-order valence-electron chi connectivity index (χ1n) is 8.26. The Morgan fingerprint density at radius 1 is 1.33 bits per heavy atom. The first-order valence-corrected chi connectivity index (χ1v) is 9.14. The predicted molar refractivity (Wildman–Crippen MR) is 94.5 cm³/mol. The molecule has 5 nitrogen and oxygen atoms in total. The summed E-state index contributed by atoms with van der Waals surface area (Å²) in [6, 6.07) is 7.28. The Bertz CT molecular complexity index is 684. The number of nitrogens with zero attached hydrogens (tertiary/aromatic N) is 1. The Hall–Kier alpha value is -1.92. The first-order chi connectivity index (χ1) is 11.6. The number of rotatable bonds is 5. The summed E-state index contributed by atoms with van der Waals surface area (Å²) in [4.78, 5) is 16.3. The summed E-state index contributed by atoms with van der Waals surface area (Å²) < 4.78 is 5.85. The molecule has 1 heterocycles. The molecule has 2 N–H and O–H groups in total. The van der Waals surface area contributed by atoms with Crippen molar-refractivity contribution in [3.63, 3.8) is 0 Å². The van der Waals surface area contributed by atoms with Crippen molar-refractivity contribution in [1.82, 2.24) is 4.98 Å². The molecular weight excluding hydrogens is 324 g/mol. The lowest BCUT2D eigenvalue weighted by atomic mass is 9.95. The minimum atomic E-state index is -0.389. The number of benzene rings is 1. The quantitative estimate of drug-likeness (QED) is 0.871. The molecule has 3 rings (SSSR count). The summed E-state index contributed by atoms with van der Waals surface area (Å²) in [6.45, 7) is 1.92. The van der Waals surface area contributed by atoms with Crippen molar-refractivity contribution < 1.29 is 14.6 Å². The van der Waals surface area contributed by atoms with Crippen molar-refractivity contribution in [3.8, 4) is 5.75 Å². The number of aliphatic hydroxyl groups excluding tert-OH is 1. The number of aromatic nitrogens is 1. The summed E-state index contributed by atoms with van der Waals surface area (Å²) >= 11 is 1.54. The molecule has 0 radical (unpaired) electrons. The maximum atomic E-state index is 12.0. The third-order valence-electron chi connectivity index (χ3n) is 4.10. The lowest BCUT2D eigenvalue weighted by molar-refractivity contribution is -0.115. The highest BCUT2D eigenvalue weighted by Crippen LogP contribution is 2.25. The Morgan fingerprint density at radius 3 is 2.75 bits per heavy atom. The fraction of sp³-hybridized carbons (Fsp3) is 0.444. The lowest BCUT2D eigenvalue weighted by Gasteiger charge is -2.28. The van der Waals surface area contributed by atoms with Gasteiger partial charge >= 0.3 is 0 Å². The number of amides is 1. The molecule has 0 unspecified atom stereocenters. The Labute approximate surface area is 145 Å². The van der Waals surface area contributed by atoms with Crippen molar-refractivity contribution in [2.24, 2.45) is 0 Å². The maximum absolute atomic E-state index is 12.0. The molecule has 2 aromatic rings. The van der Waals surface area contributed by atoms with E-state index >= 15 is 0 Å². The van der Waals surface area contributed by atoms with Crippen LogP contribution in [0, 0.1) is 6.92 Å². The highest BCUT2D eigenvalue weighted by Gasteiger charge is 2.24.